The average Bonchev–Trinajstić information content (AvgIpc) is 2.65. The molecule has 8 heteroatoms. The minimum Gasteiger partial charge on any atom is -0.493 e. The molecule has 0 saturated heterocycles. The third-order valence-corrected chi connectivity index (χ3v) is 4.29. The lowest BCUT2D eigenvalue weighted by Gasteiger charge is -2.09. The number of anilines is 1. The monoisotopic (exact) mass is 354 g/mol. The summed E-state index contributed by atoms with van der Waals surface area (Å²) in [6.07, 6.45) is 0. The van der Waals surface area contributed by atoms with Gasteiger partial charge in [-0.1, -0.05) is 11.8 Å². The molecule has 0 fully saturated rings. The van der Waals surface area contributed by atoms with Crippen molar-refractivity contribution in [3.05, 3.63) is 41.0 Å². The zero-order valence-corrected chi connectivity index (χ0v) is 14.4. The molecule has 126 valence electrons. The normalized spacial score (nSPS) is 9.76. The molecule has 1 aromatic heterocycles. The number of carbonyl (C=O) groups is 1. The van der Waals surface area contributed by atoms with E-state index in [1.165, 1.54) is 20.3 Å². The van der Waals surface area contributed by atoms with Crippen molar-refractivity contribution >= 4 is 23.4 Å². The Balaban J connectivity index is 2.19. The van der Waals surface area contributed by atoms with Crippen LogP contribution in [0.5, 0.6) is 11.5 Å². The number of ketones is 1. The van der Waals surface area contributed by atoms with Crippen LogP contribution in [0.3, 0.4) is 0 Å². The third kappa shape index (κ3) is 4.00. The van der Waals surface area contributed by atoms with Gasteiger partial charge in [-0.15, -0.1) is 0 Å². The summed E-state index contributed by atoms with van der Waals surface area (Å²) in [5.74, 6) is 0.904. The van der Waals surface area contributed by atoms with Crippen LogP contribution in [-0.4, -0.2) is 30.7 Å². The molecule has 0 aliphatic rings. The highest BCUT2D eigenvalue weighted by atomic mass is 32.2. The number of hydrogen-bond donors (Lipinski definition) is 1. The number of nitrogens with zero attached hydrogens (tertiary/aromatic N) is 3. The van der Waals surface area contributed by atoms with Crippen LogP contribution in [0.2, 0.25) is 0 Å². The average molecular weight is 354 g/mol. The highest BCUT2D eigenvalue weighted by Crippen LogP contribution is 2.29. The quantitative estimate of drug-likeness (QED) is 0.620. The number of methoxy groups -OCH3 is 2. The number of pyridine rings is 1. The topological polar surface area (TPSA) is 122 Å². The Morgan fingerprint density at radius 3 is 2.44 bits per heavy atom. The van der Waals surface area contributed by atoms with Gasteiger partial charge in [0.05, 0.1) is 31.1 Å². The second-order valence-corrected chi connectivity index (χ2v) is 5.74. The second-order valence-electron chi connectivity index (χ2n) is 4.78. The summed E-state index contributed by atoms with van der Waals surface area (Å²) < 4.78 is 10.3. The van der Waals surface area contributed by atoms with Crippen LogP contribution < -0.4 is 15.2 Å². The Hall–Kier alpha value is -3.23. The number of Topliss-reactive ketones (excluding diaryl/α,β-unsaturated/α-hetero) is 1. The van der Waals surface area contributed by atoms with Gasteiger partial charge in [0.15, 0.2) is 17.3 Å². The molecular formula is C17H14N4O3S. The lowest BCUT2D eigenvalue weighted by atomic mass is 10.1. The van der Waals surface area contributed by atoms with Crippen molar-refractivity contribution in [3.63, 3.8) is 0 Å². The molecule has 2 aromatic rings. The molecule has 25 heavy (non-hydrogen) atoms. The first-order valence-corrected chi connectivity index (χ1v) is 8.01. The number of ether oxygens (including phenoxy) is 2. The van der Waals surface area contributed by atoms with Gasteiger partial charge in [0, 0.05) is 5.56 Å². The number of rotatable bonds is 6. The fraction of sp³-hybridized carbons (Fsp3) is 0.176. The fourth-order valence-corrected chi connectivity index (χ4v) is 2.87. The first-order chi connectivity index (χ1) is 12.0. The predicted octanol–water partition coefficient (Wildman–Crippen LogP) is 2.40. The zero-order chi connectivity index (χ0) is 18.4. The predicted molar refractivity (Wildman–Crippen MR) is 92.7 cm³/mol. The van der Waals surface area contributed by atoms with E-state index in [1.807, 2.05) is 12.1 Å². The summed E-state index contributed by atoms with van der Waals surface area (Å²) in [6.45, 7) is 0. The summed E-state index contributed by atoms with van der Waals surface area (Å²) in [5, 5.41) is 18.4. The van der Waals surface area contributed by atoms with E-state index in [0.29, 0.717) is 22.1 Å². The van der Waals surface area contributed by atoms with Crippen LogP contribution in [0.1, 0.15) is 21.5 Å². The molecule has 0 atom stereocenters. The van der Waals surface area contributed by atoms with E-state index in [9.17, 15) is 4.79 Å². The van der Waals surface area contributed by atoms with Gasteiger partial charge in [0.1, 0.15) is 23.0 Å². The number of carbonyl (C=O) groups excluding carboxylic acids is 1. The van der Waals surface area contributed by atoms with Gasteiger partial charge >= 0.3 is 0 Å². The maximum atomic E-state index is 12.4. The van der Waals surface area contributed by atoms with Crippen molar-refractivity contribution in [1.82, 2.24) is 4.98 Å². The van der Waals surface area contributed by atoms with Gasteiger partial charge in [-0.3, -0.25) is 4.79 Å². The number of nitrogens with two attached hydrogens (primary N) is 1. The summed E-state index contributed by atoms with van der Waals surface area (Å²) in [7, 11) is 3.00. The minimum absolute atomic E-state index is 0.0302. The van der Waals surface area contributed by atoms with Crippen molar-refractivity contribution in [1.29, 1.82) is 10.5 Å². The van der Waals surface area contributed by atoms with E-state index in [1.54, 1.807) is 18.2 Å². The molecule has 1 heterocycles. The smallest absolute Gasteiger partial charge is 0.173 e. The van der Waals surface area contributed by atoms with Gasteiger partial charge in [-0.25, -0.2) is 4.98 Å². The number of hydrogen-bond acceptors (Lipinski definition) is 8. The Morgan fingerprint density at radius 1 is 1.16 bits per heavy atom. The first kappa shape index (κ1) is 18.1. The minimum atomic E-state index is -0.167. The molecule has 0 radical (unpaired) electrons. The molecule has 0 bridgehead atoms. The van der Waals surface area contributed by atoms with Gasteiger partial charge in [-0.2, -0.15) is 10.5 Å². The van der Waals surface area contributed by atoms with Crippen LogP contribution >= 0.6 is 11.8 Å². The Labute approximate surface area is 149 Å². The SMILES string of the molecule is COc1ccc(C(=O)CSc2nc(N)c(C#N)cc2C#N)cc1OC. The van der Waals surface area contributed by atoms with Gasteiger partial charge in [0.2, 0.25) is 0 Å². The number of thioether (sulfide) groups is 1. The molecule has 0 aliphatic heterocycles. The summed E-state index contributed by atoms with van der Waals surface area (Å²) in [4.78, 5) is 16.4. The zero-order valence-electron chi connectivity index (χ0n) is 13.6. The van der Waals surface area contributed by atoms with Gasteiger partial charge < -0.3 is 15.2 Å². The lowest BCUT2D eigenvalue weighted by molar-refractivity contribution is 0.102. The van der Waals surface area contributed by atoms with Crippen LogP contribution in [0.25, 0.3) is 0 Å². The van der Waals surface area contributed by atoms with Crippen LogP contribution in [0.4, 0.5) is 5.82 Å². The summed E-state index contributed by atoms with van der Waals surface area (Å²) in [5.41, 5.74) is 6.46. The van der Waals surface area contributed by atoms with E-state index < -0.39 is 0 Å². The Morgan fingerprint density at radius 2 is 1.84 bits per heavy atom. The molecule has 0 unspecified atom stereocenters. The number of benzene rings is 1. The summed E-state index contributed by atoms with van der Waals surface area (Å²) >= 11 is 1.09. The first-order valence-electron chi connectivity index (χ1n) is 7.02. The number of nitriles is 2. The number of aromatic nitrogens is 1. The number of nitrogen functional groups attached to an aromatic ring is 1. The van der Waals surface area contributed by atoms with E-state index >= 15 is 0 Å². The molecule has 0 aliphatic carbocycles. The van der Waals surface area contributed by atoms with Crippen molar-refractivity contribution < 1.29 is 14.3 Å². The highest BCUT2D eigenvalue weighted by Gasteiger charge is 2.15. The standard InChI is InChI=1S/C17H14N4O3S/c1-23-14-4-3-10(6-15(14)24-2)13(22)9-25-17-12(8-19)5-11(7-18)16(20)21-17/h3-6H,9H2,1-2H3,(H2,20,21). The lowest BCUT2D eigenvalue weighted by Crippen LogP contribution is -2.05. The maximum Gasteiger partial charge on any atom is 0.173 e. The fourth-order valence-electron chi connectivity index (χ4n) is 2.02. The Kier molecular flexibility index (Phi) is 5.83. The van der Waals surface area contributed by atoms with E-state index in [4.69, 9.17) is 25.7 Å². The van der Waals surface area contributed by atoms with E-state index in [0.717, 1.165) is 11.8 Å². The second kappa shape index (κ2) is 8.04. The molecule has 7 nitrogen and oxygen atoms in total. The highest BCUT2D eigenvalue weighted by molar-refractivity contribution is 8.00. The van der Waals surface area contributed by atoms with Crippen LogP contribution in [0.15, 0.2) is 29.3 Å². The van der Waals surface area contributed by atoms with Crippen molar-refractivity contribution in [2.24, 2.45) is 0 Å². The molecule has 0 amide bonds. The Bertz CT molecular complexity index is 900. The van der Waals surface area contributed by atoms with Crippen molar-refractivity contribution in [2.75, 3.05) is 25.7 Å². The third-order valence-electron chi connectivity index (χ3n) is 3.30. The largest absolute Gasteiger partial charge is 0.493 e. The van der Waals surface area contributed by atoms with E-state index in [2.05, 4.69) is 4.98 Å². The van der Waals surface area contributed by atoms with Crippen LogP contribution in [-0.2, 0) is 0 Å². The van der Waals surface area contributed by atoms with Gasteiger partial charge in [0.25, 0.3) is 0 Å². The maximum absolute atomic E-state index is 12.4. The molecule has 0 spiro atoms. The van der Waals surface area contributed by atoms with Crippen molar-refractivity contribution in [3.8, 4) is 23.6 Å². The molecule has 2 rings (SSSR count). The molecule has 2 N–H and O–H groups in total. The molecule has 1 aromatic carbocycles. The molecule has 0 saturated carbocycles. The summed E-state index contributed by atoms with van der Waals surface area (Å²) in [6, 6.07) is 10.1. The van der Waals surface area contributed by atoms with Gasteiger partial charge in [-0.05, 0) is 24.3 Å². The van der Waals surface area contributed by atoms with E-state index in [-0.39, 0.29) is 28.5 Å². The van der Waals surface area contributed by atoms with Crippen LogP contribution in [0, 0.1) is 22.7 Å². The van der Waals surface area contributed by atoms with Crippen molar-refractivity contribution in [2.45, 2.75) is 5.03 Å². The molecular weight excluding hydrogens is 340 g/mol.